The molecule has 0 radical (unpaired) electrons. The van der Waals surface area contributed by atoms with Crippen LogP contribution in [0.4, 0.5) is 11.5 Å². The number of aryl methyl sites for hydroxylation is 1. The molecule has 104 valence electrons. The number of nitrogens with two attached hydrogens (primary N) is 1. The summed E-state index contributed by atoms with van der Waals surface area (Å²) in [7, 11) is 0. The van der Waals surface area contributed by atoms with E-state index in [9.17, 15) is 0 Å². The number of benzene rings is 1. The van der Waals surface area contributed by atoms with Crippen LogP contribution in [-0.2, 0) is 0 Å². The van der Waals surface area contributed by atoms with Crippen LogP contribution in [0.2, 0.25) is 0 Å². The lowest BCUT2D eigenvalue weighted by Crippen LogP contribution is -2.17. The molecule has 0 bridgehead atoms. The first-order valence-corrected chi connectivity index (χ1v) is 7.75. The van der Waals surface area contributed by atoms with Crippen LogP contribution >= 0.6 is 44.1 Å². The van der Waals surface area contributed by atoms with Gasteiger partial charge in [0.1, 0.15) is 4.99 Å². The Morgan fingerprint density at radius 1 is 1.25 bits per heavy atom. The Balaban J connectivity index is 2.51. The average molecular weight is 416 g/mol. The van der Waals surface area contributed by atoms with E-state index >= 15 is 0 Å². The second-order valence-electron chi connectivity index (χ2n) is 4.25. The summed E-state index contributed by atoms with van der Waals surface area (Å²) in [5.41, 5.74) is 9.13. The van der Waals surface area contributed by atoms with Gasteiger partial charge >= 0.3 is 0 Å². The van der Waals surface area contributed by atoms with Gasteiger partial charge in [0.2, 0.25) is 0 Å². The van der Waals surface area contributed by atoms with Crippen LogP contribution in [0.15, 0.2) is 27.1 Å². The van der Waals surface area contributed by atoms with E-state index in [1.807, 2.05) is 32.0 Å². The number of anilines is 2. The van der Waals surface area contributed by atoms with Gasteiger partial charge in [-0.3, -0.25) is 0 Å². The second-order valence-corrected chi connectivity index (χ2v) is 6.46. The maximum Gasteiger partial charge on any atom is 0.163 e. The minimum atomic E-state index is 0.300. The van der Waals surface area contributed by atoms with Gasteiger partial charge < -0.3 is 11.1 Å². The van der Waals surface area contributed by atoms with E-state index in [-0.39, 0.29) is 0 Å². The van der Waals surface area contributed by atoms with Gasteiger partial charge in [-0.2, -0.15) is 5.10 Å². The van der Waals surface area contributed by atoms with Crippen LogP contribution in [0.25, 0.3) is 0 Å². The molecule has 2 aromatic rings. The Bertz CT molecular complexity index is 688. The molecule has 0 spiro atoms. The highest BCUT2D eigenvalue weighted by Gasteiger charge is 2.14. The van der Waals surface area contributed by atoms with E-state index in [1.165, 1.54) is 0 Å². The molecule has 0 saturated carbocycles. The highest BCUT2D eigenvalue weighted by atomic mass is 79.9. The van der Waals surface area contributed by atoms with E-state index in [0.29, 0.717) is 10.8 Å². The van der Waals surface area contributed by atoms with Gasteiger partial charge in [0.15, 0.2) is 5.82 Å². The molecule has 0 aliphatic heterocycles. The lowest BCUT2D eigenvalue weighted by atomic mass is 10.1. The molecule has 0 saturated heterocycles. The first-order valence-electron chi connectivity index (χ1n) is 5.76. The Morgan fingerprint density at radius 2 is 1.95 bits per heavy atom. The quantitative estimate of drug-likeness (QED) is 0.741. The van der Waals surface area contributed by atoms with Crippen LogP contribution in [0.5, 0.6) is 0 Å². The minimum Gasteiger partial charge on any atom is -0.389 e. The molecule has 0 fully saturated rings. The molecule has 0 aliphatic carbocycles. The van der Waals surface area contributed by atoms with Gasteiger partial charge in [0, 0.05) is 8.95 Å². The number of nitrogens with one attached hydrogen (secondary N) is 1. The van der Waals surface area contributed by atoms with Gasteiger partial charge in [-0.15, -0.1) is 5.10 Å². The monoisotopic (exact) mass is 414 g/mol. The zero-order valence-corrected chi connectivity index (χ0v) is 14.9. The standard InChI is InChI=1S/C13H12Br2N4S/c1-6-7(2)18-19-13(11(6)12(16)20)17-10-5-8(14)3-4-9(10)15/h3-5H,1-2H3,(H2,16,20)(H,17,19). The lowest BCUT2D eigenvalue weighted by Gasteiger charge is -2.14. The molecule has 2 rings (SSSR count). The summed E-state index contributed by atoms with van der Waals surface area (Å²) < 4.78 is 1.87. The average Bonchev–Trinajstić information content (AvgIpc) is 2.38. The molecule has 0 aliphatic rings. The van der Waals surface area contributed by atoms with Gasteiger partial charge in [-0.05, 0) is 53.5 Å². The smallest absolute Gasteiger partial charge is 0.163 e. The van der Waals surface area contributed by atoms with Gasteiger partial charge in [-0.25, -0.2) is 0 Å². The number of halogens is 2. The summed E-state index contributed by atoms with van der Waals surface area (Å²) in [4.78, 5) is 0.300. The normalized spacial score (nSPS) is 10.4. The molecule has 3 N–H and O–H groups in total. The van der Waals surface area contributed by atoms with Crippen molar-refractivity contribution < 1.29 is 0 Å². The maximum absolute atomic E-state index is 5.81. The van der Waals surface area contributed by atoms with Gasteiger partial charge in [0.25, 0.3) is 0 Å². The van der Waals surface area contributed by atoms with Crippen molar-refractivity contribution in [2.45, 2.75) is 13.8 Å². The predicted molar refractivity (Wildman–Crippen MR) is 92.5 cm³/mol. The molecule has 20 heavy (non-hydrogen) atoms. The Hall–Kier alpha value is -1.05. The molecule has 0 amide bonds. The summed E-state index contributed by atoms with van der Waals surface area (Å²) in [6.45, 7) is 3.81. The van der Waals surface area contributed by atoms with E-state index in [1.54, 1.807) is 0 Å². The third-order valence-corrected chi connectivity index (χ3v) is 4.27. The van der Waals surface area contributed by atoms with Gasteiger partial charge in [0.05, 0.1) is 16.9 Å². The number of aromatic nitrogens is 2. The topological polar surface area (TPSA) is 63.8 Å². The SMILES string of the molecule is Cc1nnc(Nc2cc(Br)ccc2Br)c(C(N)=S)c1C. The van der Waals surface area contributed by atoms with Crippen molar-refractivity contribution >= 4 is 60.6 Å². The molecular formula is C13H12Br2N4S. The van der Waals surface area contributed by atoms with E-state index in [2.05, 4.69) is 47.4 Å². The van der Waals surface area contributed by atoms with E-state index in [4.69, 9.17) is 18.0 Å². The third kappa shape index (κ3) is 3.16. The highest BCUT2D eigenvalue weighted by molar-refractivity contribution is 9.11. The van der Waals surface area contributed by atoms with Crippen LogP contribution in [0.3, 0.4) is 0 Å². The number of rotatable bonds is 3. The molecule has 7 heteroatoms. The molecular weight excluding hydrogens is 404 g/mol. The summed E-state index contributed by atoms with van der Waals surface area (Å²) >= 11 is 12.0. The van der Waals surface area contributed by atoms with E-state index in [0.717, 1.165) is 31.5 Å². The Kier molecular flexibility index (Phi) is 4.72. The van der Waals surface area contributed by atoms with Crippen molar-refractivity contribution in [2.75, 3.05) is 5.32 Å². The predicted octanol–water partition coefficient (Wildman–Crippen LogP) is 4.00. The Morgan fingerprint density at radius 3 is 2.60 bits per heavy atom. The molecule has 1 heterocycles. The number of hydrogen-bond acceptors (Lipinski definition) is 4. The lowest BCUT2D eigenvalue weighted by molar-refractivity contribution is 0.963. The zero-order chi connectivity index (χ0) is 14.9. The number of thiocarbonyl (C=S) groups is 1. The molecule has 0 atom stereocenters. The number of hydrogen-bond donors (Lipinski definition) is 2. The van der Waals surface area contributed by atoms with Crippen molar-refractivity contribution in [1.82, 2.24) is 10.2 Å². The highest BCUT2D eigenvalue weighted by Crippen LogP contribution is 2.30. The summed E-state index contributed by atoms with van der Waals surface area (Å²) in [5, 5.41) is 11.5. The molecule has 1 aromatic carbocycles. The summed E-state index contributed by atoms with van der Waals surface area (Å²) in [6.07, 6.45) is 0. The summed E-state index contributed by atoms with van der Waals surface area (Å²) in [6, 6.07) is 5.81. The van der Waals surface area contributed by atoms with Crippen molar-refractivity contribution in [3.63, 3.8) is 0 Å². The fourth-order valence-electron chi connectivity index (χ4n) is 1.72. The van der Waals surface area contributed by atoms with Crippen LogP contribution in [0.1, 0.15) is 16.8 Å². The Labute approximate surface area is 139 Å². The molecule has 4 nitrogen and oxygen atoms in total. The van der Waals surface area contributed by atoms with Crippen LogP contribution in [-0.4, -0.2) is 15.2 Å². The largest absolute Gasteiger partial charge is 0.389 e. The molecule has 0 unspecified atom stereocenters. The molecule has 1 aromatic heterocycles. The van der Waals surface area contributed by atoms with Crippen molar-refractivity contribution in [2.24, 2.45) is 5.73 Å². The van der Waals surface area contributed by atoms with Crippen molar-refractivity contribution in [1.29, 1.82) is 0 Å². The summed E-state index contributed by atoms with van der Waals surface area (Å²) in [5.74, 6) is 0.555. The van der Waals surface area contributed by atoms with Gasteiger partial charge in [-0.1, -0.05) is 28.1 Å². The van der Waals surface area contributed by atoms with Crippen molar-refractivity contribution in [3.05, 3.63) is 44.0 Å². The van der Waals surface area contributed by atoms with Crippen LogP contribution in [0, 0.1) is 13.8 Å². The van der Waals surface area contributed by atoms with Crippen molar-refractivity contribution in [3.8, 4) is 0 Å². The fraction of sp³-hybridized carbons (Fsp3) is 0.154. The fourth-order valence-corrected chi connectivity index (χ4v) is 2.67. The third-order valence-electron chi connectivity index (χ3n) is 2.88. The maximum atomic E-state index is 5.81. The second kappa shape index (κ2) is 6.15. The first-order chi connectivity index (χ1) is 9.40. The van der Waals surface area contributed by atoms with E-state index < -0.39 is 0 Å². The first kappa shape index (κ1) is 15.3. The number of nitrogens with zero attached hydrogens (tertiary/aromatic N) is 2. The van der Waals surface area contributed by atoms with Crippen LogP contribution < -0.4 is 11.1 Å². The minimum absolute atomic E-state index is 0.300. The zero-order valence-electron chi connectivity index (χ0n) is 10.9.